The van der Waals surface area contributed by atoms with Crippen LogP contribution in [-0.2, 0) is 11.3 Å². The summed E-state index contributed by atoms with van der Waals surface area (Å²) in [5.41, 5.74) is 6.24. The van der Waals surface area contributed by atoms with Crippen molar-refractivity contribution < 1.29 is 9.59 Å². The van der Waals surface area contributed by atoms with E-state index >= 15 is 0 Å². The highest BCUT2D eigenvalue weighted by molar-refractivity contribution is 5.99. The molecule has 2 aliphatic heterocycles. The highest BCUT2D eigenvalue weighted by atomic mass is 16.2. The van der Waals surface area contributed by atoms with E-state index in [0.717, 1.165) is 74.1 Å². The Morgan fingerprint density at radius 2 is 1.53 bits per heavy atom. The van der Waals surface area contributed by atoms with Crippen LogP contribution in [-0.4, -0.2) is 80.5 Å². The van der Waals surface area contributed by atoms with E-state index < -0.39 is 0 Å². The number of hydrogen-bond donors (Lipinski definition) is 2. The predicted molar refractivity (Wildman–Crippen MR) is 195 cm³/mol. The van der Waals surface area contributed by atoms with Gasteiger partial charge in [-0.05, 0) is 113 Å². The van der Waals surface area contributed by atoms with Crippen LogP contribution in [0.4, 0.5) is 5.69 Å². The Labute approximate surface area is 284 Å². The average Bonchev–Trinajstić information content (AvgIpc) is 3.19. The fraction of sp³-hybridized carbons (Fsp3) is 0.650. The molecule has 2 aromatic rings. The minimum absolute atomic E-state index is 0.0823. The van der Waals surface area contributed by atoms with Gasteiger partial charge in [-0.3, -0.25) is 9.59 Å². The molecule has 5 rings (SSSR count). The van der Waals surface area contributed by atoms with Gasteiger partial charge in [0.25, 0.3) is 5.91 Å². The Morgan fingerprint density at radius 3 is 2.17 bits per heavy atom. The van der Waals surface area contributed by atoms with Crippen LogP contribution < -0.4 is 15.5 Å². The summed E-state index contributed by atoms with van der Waals surface area (Å²) >= 11 is 0. The molecule has 2 heterocycles. The second kappa shape index (κ2) is 16.5. The second-order valence-electron chi connectivity index (χ2n) is 15.2. The topological polar surface area (TPSA) is 67.9 Å². The van der Waals surface area contributed by atoms with Crippen LogP contribution in [0.25, 0.3) is 11.1 Å². The quantitative estimate of drug-likeness (QED) is 0.308. The maximum absolute atomic E-state index is 14.2. The first kappa shape index (κ1) is 35.4. The molecule has 7 nitrogen and oxygen atoms in total. The molecule has 0 spiro atoms. The van der Waals surface area contributed by atoms with Crippen LogP contribution in [0.5, 0.6) is 0 Å². The summed E-state index contributed by atoms with van der Waals surface area (Å²) in [6, 6.07) is 14.1. The number of amides is 2. The fourth-order valence-electron chi connectivity index (χ4n) is 8.51. The molecule has 3 aliphatic rings. The Hall–Kier alpha value is -2.90. The molecule has 0 radical (unpaired) electrons. The van der Waals surface area contributed by atoms with Crippen LogP contribution >= 0.6 is 0 Å². The van der Waals surface area contributed by atoms with Gasteiger partial charge in [0, 0.05) is 49.5 Å². The van der Waals surface area contributed by atoms with Gasteiger partial charge in [0.05, 0.1) is 5.92 Å². The van der Waals surface area contributed by atoms with Crippen LogP contribution in [0, 0.1) is 18.8 Å². The molecule has 258 valence electrons. The van der Waals surface area contributed by atoms with E-state index in [-0.39, 0.29) is 29.7 Å². The van der Waals surface area contributed by atoms with Crippen LogP contribution in [0.3, 0.4) is 0 Å². The van der Waals surface area contributed by atoms with E-state index in [1.807, 2.05) is 0 Å². The van der Waals surface area contributed by atoms with Gasteiger partial charge in [0.1, 0.15) is 0 Å². The Kier molecular flexibility index (Phi) is 12.4. The third kappa shape index (κ3) is 8.77. The van der Waals surface area contributed by atoms with Gasteiger partial charge in [-0.2, -0.15) is 0 Å². The maximum atomic E-state index is 14.2. The van der Waals surface area contributed by atoms with E-state index in [9.17, 15) is 9.59 Å². The highest BCUT2D eigenvalue weighted by Crippen LogP contribution is 2.35. The lowest BCUT2D eigenvalue weighted by Gasteiger charge is -2.45. The summed E-state index contributed by atoms with van der Waals surface area (Å²) in [6.45, 7) is 9.82. The molecule has 2 saturated heterocycles. The SMILES string of the molecule is Cc1c(C(=O)NCC2C(=O)N(C3CCCCCCCC3)C(C)CC2C)cc(-c2ccc(CN(C)C)cc2)cc1N(C)C1CCNCC1. The smallest absolute Gasteiger partial charge is 0.251 e. The van der Waals surface area contributed by atoms with E-state index in [1.165, 1.54) is 44.1 Å². The second-order valence-corrected chi connectivity index (χ2v) is 15.2. The van der Waals surface area contributed by atoms with Crippen molar-refractivity contribution in [3.8, 4) is 11.1 Å². The zero-order valence-electron chi connectivity index (χ0n) is 30.1. The molecule has 2 aromatic carbocycles. The predicted octanol–water partition coefficient (Wildman–Crippen LogP) is 7.02. The number of likely N-dealkylation sites (tertiary alicyclic amines) is 1. The molecule has 0 bridgehead atoms. The first-order chi connectivity index (χ1) is 22.6. The molecule has 2 amide bonds. The summed E-state index contributed by atoms with van der Waals surface area (Å²) in [6.07, 6.45) is 13.0. The number of hydrogen-bond acceptors (Lipinski definition) is 5. The van der Waals surface area contributed by atoms with Crippen molar-refractivity contribution in [3.05, 3.63) is 53.1 Å². The van der Waals surface area contributed by atoms with E-state index in [2.05, 4.69) is 104 Å². The monoisotopic (exact) mass is 643 g/mol. The number of rotatable bonds is 9. The standard InChI is InChI=1S/C40H61N5O2/c1-28-23-29(2)45(35-13-11-9-7-8-10-12-14-35)40(47)37(28)26-42-39(46)36-24-33(32-17-15-31(16-18-32)27-43(4)5)25-38(30(36)3)44(6)34-19-21-41-22-20-34/h15-18,24-25,28-29,34-35,37,41H,7-14,19-23,26-27H2,1-6H3,(H,42,46). The van der Waals surface area contributed by atoms with Gasteiger partial charge in [-0.1, -0.05) is 69.7 Å². The summed E-state index contributed by atoms with van der Waals surface area (Å²) in [4.78, 5) is 35.1. The zero-order chi connectivity index (χ0) is 33.5. The van der Waals surface area contributed by atoms with Gasteiger partial charge < -0.3 is 25.3 Å². The minimum Gasteiger partial charge on any atom is -0.371 e. The Morgan fingerprint density at radius 1 is 0.894 bits per heavy atom. The molecule has 3 unspecified atom stereocenters. The third-order valence-corrected chi connectivity index (χ3v) is 11.3. The van der Waals surface area contributed by atoms with Crippen molar-refractivity contribution in [1.29, 1.82) is 0 Å². The summed E-state index contributed by atoms with van der Waals surface area (Å²) in [7, 11) is 6.35. The fourth-order valence-corrected chi connectivity index (χ4v) is 8.51. The van der Waals surface area contributed by atoms with E-state index in [1.54, 1.807) is 0 Å². The molecule has 1 aliphatic carbocycles. The van der Waals surface area contributed by atoms with Crippen LogP contribution in [0.2, 0.25) is 0 Å². The largest absolute Gasteiger partial charge is 0.371 e. The van der Waals surface area contributed by atoms with Gasteiger partial charge in [0.15, 0.2) is 0 Å². The highest BCUT2D eigenvalue weighted by Gasteiger charge is 2.41. The van der Waals surface area contributed by atoms with Gasteiger partial charge in [-0.25, -0.2) is 0 Å². The van der Waals surface area contributed by atoms with Crippen molar-refractivity contribution in [1.82, 2.24) is 20.4 Å². The molecule has 0 aromatic heterocycles. The number of benzene rings is 2. The van der Waals surface area contributed by atoms with Gasteiger partial charge in [-0.15, -0.1) is 0 Å². The van der Waals surface area contributed by atoms with Gasteiger partial charge >= 0.3 is 0 Å². The molecule has 47 heavy (non-hydrogen) atoms. The van der Waals surface area contributed by atoms with Crippen molar-refractivity contribution >= 4 is 17.5 Å². The van der Waals surface area contributed by atoms with Crippen LogP contribution in [0.15, 0.2) is 36.4 Å². The maximum Gasteiger partial charge on any atom is 0.251 e. The molecule has 3 fully saturated rings. The number of carbonyl (C=O) groups is 2. The first-order valence-electron chi connectivity index (χ1n) is 18.6. The number of nitrogens with zero attached hydrogens (tertiary/aromatic N) is 3. The van der Waals surface area contributed by atoms with Crippen molar-refractivity contribution in [2.24, 2.45) is 11.8 Å². The molecular formula is C40H61N5O2. The third-order valence-electron chi connectivity index (χ3n) is 11.3. The van der Waals surface area contributed by atoms with E-state index in [0.29, 0.717) is 24.2 Å². The van der Waals surface area contributed by atoms with E-state index in [4.69, 9.17) is 0 Å². The van der Waals surface area contributed by atoms with Crippen molar-refractivity contribution in [3.63, 3.8) is 0 Å². The molecular weight excluding hydrogens is 582 g/mol. The number of anilines is 1. The number of piperidine rings is 2. The Bertz CT molecular complexity index is 1320. The lowest BCUT2D eigenvalue weighted by Crippen LogP contribution is -2.56. The average molecular weight is 644 g/mol. The molecule has 7 heteroatoms. The van der Waals surface area contributed by atoms with Crippen molar-refractivity contribution in [2.75, 3.05) is 45.7 Å². The summed E-state index contributed by atoms with van der Waals surface area (Å²) in [5.74, 6) is 0.212. The molecule has 1 saturated carbocycles. The summed E-state index contributed by atoms with van der Waals surface area (Å²) in [5, 5.41) is 6.76. The summed E-state index contributed by atoms with van der Waals surface area (Å²) < 4.78 is 0. The number of carbonyl (C=O) groups excluding carboxylic acids is 2. The lowest BCUT2D eigenvalue weighted by atomic mass is 9.81. The minimum atomic E-state index is -0.188. The number of nitrogens with one attached hydrogen (secondary N) is 2. The normalized spacial score (nSPS) is 23.7. The Balaban J connectivity index is 1.38. The van der Waals surface area contributed by atoms with Crippen molar-refractivity contribution in [2.45, 2.75) is 116 Å². The first-order valence-corrected chi connectivity index (χ1v) is 18.6. The zero-order valence-corrected chi connectivity index (χ0v) is 30.1. The van der Waals surface area contributed by atoms with Crippen LogP contribution in [0.1, 0.15) is 106 Å². The molecule has 2 N–H and O–H groups in total. The van der Waals surface area contributed by atoms with Gasteiger partial charge in [0.2, 0.25) is 5.91 Å². The molecule has 3 atom stereocenters. The lowest BCUT2D eigenvalue weighted by molar-refractivity contribution is -0.147.